The third-order valence-electron chi connectivity index (χ3n) is 2.21. The quantitative estimate of drug-likeness (QED) is 0.489. The molecule has 6 nitrogen and oxygen atoms in total. The first-order valence-corrected chi connectivity index (χ1v) is 6.65. The van der Waals surface area contributed by atoms with Crippen molar-refractivity contribution in [1.29, 1.82) is 0 Å². The van der Waals surface area contributed by atoms with Gasteiger partial charge in [-0.2, -0.15) is 4.98 Å². The lowest BCUT2D eigenvalue weighted by Gasteiger charge is -2.09. The van der Waals surface area contributed by atoms with Crippen LogP contribution in [0.1, 0.15) is 16.2 Å². The topological polar surface area (TPSA) is 77.2 Å². The molecular formula is C11H9ClIN3O3. The van der Waals surface area contributed by atoms with Crippen molar-refractivity contribution in [1.82, 2.24) is 9.97 Å². The molecule has 0 aliphatic heterocycles. The molecule has 1 N–H and O–H groups in total. The van der Waals surface area contributed by atoms with Gasteiger partial charge in [-0.05, 0) is 46.3 Å². The van der Waals surface area contributed by atoms with Gasteiger partial charge in [0.05, 0.1) is 23.5 Å². The molecule has 0 aliphatic carbocycles. The van der Waals surface area contributed by atoms with E-state index in [0.717, 1.165) is 5.76 Å². The average Bonchev–Trinajstić information content (AvgIpc) is 2.91. The SMILES string of the molecule is COC(=O)c1nc(Cl)nc(NCc2ccco2)c1I. The number of methoxy groups -OCH3 is 1. The molecule has 0 amide bonds. The lowest BCUT2D eigenvalue weighted by atomic mass is 10.4. The summed E-state index contributed by atoms with van der Waals surface area (Å²) in [6, 6.07) is 3.61. The number of esters is 1. The van der Waals surface area contributed by atoms with Crippen molar-refractivity contribution in [2.24, 2.45) is 0 Å². The third-order valence-corrected chi connectivity index (χ3v) is 3.40. The molecule has 0 radical (unpaired) electrons. The van der Waals surface area contributed by atoms with Crippen molar-refractivity contribution >= 4 is 46.0 Å². The zero-order valence-corrected chi connectivity index (χ0v) is 12.7. The summed E-state index contributed by atoms with van der Waals surface area (Å²) in [6.45, 7) is 0.428. The third kappa shape index (κ3) is 3.35. The summed E-state index contributed by atoms with van der Waals surface area (Å²) in [5.74, 6) is 0.636. The van der Waals surface area contributed by atoms with Crippen LogP contribution in [-0.4, -0.2) is 23.0 Å². The van der Waals surface area contributed by atoms with Crippen LogP contribution < -0.4 is 5.32 Å². The molecule has 0 saturated carbocycles. The molecule has 0 atom stereocenters. The van der Waals surface area contributed by atoms with Gasteiger partial charge in [0, 0.05) is 0 Å². The van der Waals surface area contributed by atoms with Crippen molar-refractivity contribution in [3.8, 4) is 0 Å². The summed E-state index contributed by atoms with van der Waals surface area (Å²) in [5.41, 5.74) is 0.130. The molecule has 0 aromatic carbocycles. The van der Waals surface area contributed by atoms with Crippen molar-refractivity contribution < 1.29 is 13.9 Å². The number of carbonyl (C=O) groups excluding carboxylic acids is 1. The fourth-order valence-electron chi connectivity index (χ4n) is 1.35. The number of halogens is 2. The van der Waals surface area contributed by atoms with E-state index in [1.54, 1.807) is 12.3 Å². The highest BCUT2D eigenvalue weighted by Crippen LogP contribution is 2.22. The second-order valence-electron chi connectivity index (χ2n) is 3.43. The van der Waals surface area contributed by atoms with Crippen LogP contribution in [0.25, 0.3) is 0 Å². The number of nitrogens with one attached hydrogen (secondary N) is 1. The predicted octanol–water partition coefficient (Wildman–Crippen LogP) is 2.73. The second-order valence-corrected chi connectivity index (χ2v) is 4.85. The van der Waals surface area contributed by atoms with Crippen LogP contribution in [0, 0.1) is 3.57 Å². The Morgan fingerprint density at radius 2 is 2.37 bits per heavy atom. The van der Waals surface area contributed by atoms with Crippen LogP contribution >= 0.6 is 34.2 Å². The van der Waals surface area contributed by atoms with E-state index in [2.05, 4.69) is 20.0 Å². The monoisotopic (exact) mass is 393 g/mol. The number of furan rings is 1. The Morgan fingerprint density at radius 3 is 3.00 bits per heavy atom. The van der Waals surface area contributed by atoms with E-state index in [1.165, 1.54) is 7.11 Å². The zero-order valence-electron chi connectivity index (χ0n) is 9.81. The molecule has 0 fully saturated rings. The van der Waals surface area contributed by atoms with Crippen molar-refractivity contribution in [3.05, 3.63) is 38.7 Å². The van der Waals surface area contributed by atoms with E-state index in [-0.39, 0.29) is 11.0 Å². The zero-order chi connectivity index (χ0) is 13.8. The summed E-state index contributed by atoms with van der Waals surface area (Å²) in [4.78, 5) is 19.4. The number of ether oxygens (including phenoxy) is 1. The minimum atomic E-state index is -0.560. The lowest BCUT2D eigenvalue weighted by Crippen LogP contribution is -2.12. The second kappa shape index (κ2) is 6.20. The first kappa shape index (κ1) is 14.1. The number of aromatic nitrogens is 2. The highest BCUT2D eigenvalue weighted by atomic mass is 127. The van der Waals surface area contributed by atoms with Gasteiger partial charge in [0.25, 0.3) is 0 Å². The van der Waals surface area contributed by atoms with Crippen LogP contribution in [0.5, 0.6) is 0 Å². The first-order valence-electron chi connectivity index (χ1n) is 5.19. The number of rotatable bonds is 4. The smallest absolute Gasteiger partial charge is 0.358 e. The Morgan fingerprint density at radius 1 is 1.58 bits per heavy atom. The normalized spacial score (nSPS) is 10.3. The highest BCUT2D eigenvalue weighted by molar-refractivity contribution is 14.1. The van der Waals surface area contributed by atoms with Gasteiger partial charge >= 0.3 is 5.97 Å². The van der Waals surface area contributed by atoms with Crippen LogP contribution in [0.2, 0.25) is 5.28 Å². The Kier molecular flexibility index (Phi) is 4.59. The Bertz CT molecular complexity index is 589. The minimum Gasteiger partial charge on any atom is -0.467 e. The highest BCUT2D eigenvalue weighted by Gasteiger charge is 2.18. The fourth-order valence-corrected chi connectivity index (χ4v) is 2.17. The fraction of sp³-hybridized carbons (Fsp3) is 0.182. The maximum absolute atomic E-state index is 11.5. The van der Waals surface area contributed by atoms with E-state index < -0.39 is 5.97 Å². The Hall–Kier alpha value is -1.35. The van der Waals surface area contributed by atoms with Crippen LogP contribution in [-0.2, 0) is 11.3 Å². The average molecular weight is 394 g/mol. The van der Waals surface area contributed by atoms with Gasteiger partial charge in [-0.15, -0.1) is 0 Å². The van der Waals surface area contributed by atoms with E-state index >= 15 is 0 Å². The van der Waals surface area contributed by atoms with Gasteiger partial charge in [-0.3, -0.25) is 0 Å². The van der Waals surface area contributed by atoms with E-state index in [9.17, 15) is 4.79 Å². The molecule has 100 valence electrons. The maximum atomic E-state index is 11.5. The van der Waals surface area contributed by atoms with Gasteiger partial charge < -0.3 is 14.5 Å². The van der Waals surface area contributed by atoms with E-state index in [4.69, 9.17) is 16.0 Å². The van der Waals surface area contributed by atoms with Gasteiger partial charge in [0.15, 0.2) is 5.69 Å². The summed E-state index contributed by atoms with van der Waals surface area (Å²) >= 11 is 7.75. The largest absolute Gasteiger partial charge is 0.467 e. The Labute approximate surface area is 127 Å². The van der Waals surface area contributed by atoms with Gasteiger partial charge in [-0.25, -0.2) is 9.78 Å². The molecule has 8 heteroatoms. The lowest BCUT2D eigenvalue weighted by molar-refractivity contribution is 0.0592. The summed E-state index contributed by atoms with van der Waals surface area (Å²) in [5, 5.41) is 3.01. The molecule has 0 aliphatic rings. The number of anilines is 1. The van der Waals surface area contributed by atoms with Crippen LogP contribution in [0.4, 0.5) is 5.82 Å². The Balaban J connectivity index is 2.24. The standard InChI is InChI=1S/C11H9ClIN3O3/c1-18-10(17)8-7(13)9(16-11(12)15-8)14-5-6-3-2-4-19-6/h2-4H,5H2,1H3,(H,14,15,16). The van der Waals surface area contributed by atoms with Gasteiger partial charge in [0.1, 0.15) is 11.6 Å². The number of hydrogen-bond acceptors (Lipinski definition) is 6. The van der Waals surface area contributed by atoms with Crippen molar-refractivity contribution in [3.63, 3.8) is 0 Å². The molecule has 0 spiro atoms. The van der Waals surface area contributed by atoms with Crippen LogP contribution in [0.15, 0.2) is 22.8 Å². The van der Waals surface area contributed by atoms with Crippen LogP contribution in [0.3, 0.4) is 0 Å². The molecular weight excluding hydrogens is 384 g/mol. The molecule has 2 aromatic heterocycles. The minimum absolute atomic E-state index is 0.0252. The number of carbonyl (C=O) groups is 1. The molecule has 0 saturated heterocycles. The predicted molar refractivity (Wildman–Crippen MR) is 77.1 cm³/mol. The summed E-state index contributed by atoms with van der Waals surface area (Å²) in [7, 11) is 1.28. The molecule has 0 unspecified atom stereocenters. The maximum Gasteiger partial charge on any atom is 0.358 e. The van der Waals surface area contributed by atoms with E-state index in [1.807, 2.05) is 28.7 Å². The number of nitrogens with zero attached hydrogens (tertiary/aromatic N) is 2. The van der Waals surface area contributed by atoms with Crippen molar-refractivity contribution in [2.75, 3.05) is 12.4 Å². The number of hydrogen-bond donors (Lipinski definition) is 1. The molecule has 19 heavy (non-hydrogen) atoms. The molecule has 2 heterocycles. The summed E-state index contributed by atoms with van der Waals surface area (Å²) < 4.78 is 10.4. The van der Waals surface area contributed by atoms with E-state index in [0.29, 0.717) is 15.9 Å². The van der Waals surface area contributed by atoms with Gasteiger partial charge in [0.2, 0.25) is 5.28 Å². The molecule has 2 rings (SSSR count). The van der Waals surface area contributed by atoms with Crippen molar-refractivity contribution in [2.45, 2.75) is 6.54 Å². The first-order chi connectivity index (χ1) is 9.11. The molecule has 0 bridgehead atoms. The van der Waals surface area contributed by atoms with Gasteiger partial charge in [-0.1, -0.05) is 0 Å². The summed E-state index contributed by atoms with van der Waals surface area (Å²) in [6.07, 6.45) is 1.58. The molecule has 2 aromatic rings.